The van der Waals surface area contributed by atoms with Gasteiger partial charge >= 0.3 is 0 Å². The average molecular weight is 314 g/mol. The van der Waals surface area contributed by atoms with Crippen LogP contribution in [0.4, 0.5) is 4.39 Å². The van der Waals surface area contributed by atoms with E-state index in [4.69, 9.17) is 0 Å². The Bertz CT molecular complexity index is 938. The molecule has 0 bridgehead atoms. The molecule has 2 aromatic heterocycles. The van der Waals surface area contributed by atoms with Crippen molar-refractivity contribution in [2.75, 3.05) is 0 Å². The Morgan fingerprint density at radius 2 is 1.90 bits per heavy atom. The van der Waals surface area contributed by atoms with Crippen LogP contribution in [0.15, 0.2) is 53.9 Å². The fraction of sp³-hybridized carbons (Fsp3) is 0.0588. The van der Waals surface area contributed by atoms with Crippen molar-refractivity contribution in [1.29, 1.82) is 0 Å². The third-order valence-corrected chi connectivity index (χ3v) is 5.72. The number of halogens is 1. The molecule has 0 aliphatic rings. The summed E-state index contributed by atoms with van der Waals surface area (Å²) in [6.45, 7) is 0. The van der Waals surface area contributed by atoms with E-state index in [-0.39, 0.29) is 5.82 Å². The van der Waals surface area contributed by atoms with E-state index in [1.807, 2.05) is 29.6 Å². The van der Waals surface area contributed by atoms with Crippen LogP contribution in [0.5, 0.6) is 0 Å². The largest absolute Gasteiger partial charge is 0.383 e. The SMILES string of the molecule is OC(c1cc2cc(F)ccc2s1)c1cccc2ccsc12. The van der Waals surface area contributed by atoms with E-state index in [1.165, 1.54) is 23.5 Å². The Kier molecular flexibility index (Phi) is 3.03. The summed E-state index contributed by atoms with van der Waals surface area (Å²) in [5.41, 5.74) is 0.912. The zero-order valence-corrected chi connectivity index (χ0v) is 12.5. The van der Waals surface area contributed by atoms with E-state index >= 15 is 0 Å². The number of aliphatic hydroxyl groups excluding tert-OH is 1. The highest BCUT2D eigenvalue weighted by molar-refractivity contribution is 7.19. The van der Waals surface area contributed by atoms with Crippen LogP contribution in [0.3, 0.4) is 0 Å². The Morgan fingerprint density at radius 3 is 2.81 bits per heavy atom. The van der Waals surface area contributed by atoms with Crippen LogP contribution in [0, 0.1) is 5.82 Å². The lowest BCUT2D eigenvalue weighted by atomic mass is 10.1. The molecule has 104 valence electrons. The molecule has 4 aromatic rings. The second-order valence-electron chi connectivity index (χ2n) is 4.92. The van der Waals surface area contributed by atoms with Crippen molar-refractivity contribution in [3.63, 3.8) is 0 Å². The van der Waals surface area contributed by atoms with Crippen molar-refractivity contribution >= 4 is 42.8 Å². The van der Waals surface area contributed by atoms with Gasteiger partial charge in [-0.2, -0.15) is 0 Å². The molecule has 2 heterocycles. The maximum absolute atomic E-state index is 13.3. The van der Waals surface area contributed by atoms with Gasteiger partial charge in [-0.05, 0) is 46.5 Å². The number of hydrogen-bond acceptors (Lipinski definition) is 3. The summed E-state index contributed by atoms with van der Waals surface area (Å²) >= 11 is 3.14. The van der Waals surface area contributed by atoms with Crippen LogP contribution < -0.4 is 0 Å². The van der Waals surface area contributed by atoms with Gasteiger partial charge in [0.15, 0.2) is 0 Å². The van der Waals surface area contributed by atoms with Crippen molar-refractivity contribution in [3.05, 3.63) is 70.2 Å². The Balaban J connectivity index is 1.85. The minimum Gasteiger partial charge on any atom is -0.383 e. The van der Waals surface area contributed by atoms with Gasteiger partial charge in [0.25, 0.3) is 0 Å². The monoisotopic (exact) mass is 314 g/mol. The first-order valence-electron chi connectivity index (χ1n) is 6.55. The Morgan fingerprint density at radius 1 is 1.00 bits per heavy atom. The number of thiophene rings is 2. The molecule has 21 heavy (non-hydrogen) atoms. The predicted molar refractivity (Wildman–Crippen MR) is 87.7 cm³/mol. The molecule has 1 unspecified atom stereocenters. The molecule has 2 aromatic carbocycles. The standard InChI is InChI=1S/C17H11FOS2/c18-12-4-5-14-11(8-12)9-15(21-14)16(19)13-3-1-2-10-6-7-20-17(10)13/h1-9,16,19H. The van der Waals surface area contributed by atoms with Gasteiger partial charge in [0.1, 0.15) is 11.9 Å². The summed E-state index contributed by atoms with van der Waals surface area (Å²) in [4.78, 5) is 0.844. The summed E-state index contributed by atoms with van der Waals surface area (Å²) < 4.78 is 15.4. The van der Waals surface area contributed by atoms with Crippen molar-refractivity contribution < 1.29 is 9.50 Å². The maximum atomic E-state index is 13.3. The summed E-state index contributed by atoms with van der Waals surface area (Å²) in [7, 11) is 0. The predicted octanol–water partition coefficient (Wildman–Crippen LogP) is 5.34. The van der Waals surface area contributed by atoms with Crippen molar-refractivity contribution in [1.82, 2.24) is 0 Å². The van der Waals surface area contributed by atoms with Crippen LogP contribution in [0.25, 0.3) is 20.2 Å². The van der Waals surface area contributed by atoms with Gasteiger partial charge in [-0.1, -0.05) is 18.2 Å². The quantitative estimate of drug-likeness (QED) is 0.530. The average Bonchev–Trinajstić information content (AvgIpc) is 3.11. The fourth-order valence-electron chi connectivity index (χ4n) is 2.55. The van der Waals surface area contributed by atoms with Crippen LogP contribution in [0.2, 0.25) is 0 Å². The van der Waals surface area contributed by atoms with Gasteiger partial charge < -0.3 is 5.11 Å². The number of fused-ring (bicyclic) bond motifs is 2. The van der Waals surface area contributed by atoms with E-state index in [2.05, 4.69) is 6.07 Å². The van der Waals surface area contributed by atoms with Gasteiger partial charge in [0.05, 0.1) is 0 Å². The molecule has 0 spiro atoms. The molecule has 0 amide bonds. The molecule has 0 aliphatic heterocycles. The van der Waals surface area contributed by atoms with Gasteiger partial charge in [0, 0.05) is 19.8 Å². The fourth-order valence-corrected chi connectivity index (χ4v) is 4.54. The van der Waals surface area contributed by atoms with Crippen molar-refractivity contribution in [3.8, 4) is 0 Å². The van der Waals surface area contributed by atoms with E-state index < -0.39 is 6.10 Å². The molecule has 0 fully saturated rings. The summed E-state index contributed by atoms with van der Waals surface area (Å²) in [5, 5.41) is 14.7. The summed E-state index contributed by atoms with van der Waals surface area (Å²) in [6.07, 6.45) is -0.673. The first-order chi connectivity index (χ1) is 10.2. The molecule has 1 nitrogen and oxygen atoms in total. The number of rotatable bonds is 2. The first-order valence-corrected chi connectivity index (χ1v) is 8.25. The van der Waals surface area contributed by atoms with E-state index in [9.17, 15) is 9.50 Å². The highest BCUT2D eigenvalue weighted by Crippen LogP contribution is 2.37. The van der Waals surface area contributed by atoms with Crippen LogP contribution >= 0.6 is 22.7 Å². The zero-order valence-electron chi connectivity index (χ0n) is 10.9. The zero-order chi connectivity index (χ0) is 14.4. The lowest BCUT2D eigenvalue weighted by Gasteiger charge is -2.09. The maximum Gasteiger partial charge on any atom is 0.123 e. The van der Waals surface area contributed by atoms with Crippen LogP contribution in [-0.2, 0) is 0 Å². The minimum atomic E-state index is -0.673. The highest BCUT2D eigenvalue weighted by Gasteiger charge is 2.17. The molecular formula is C17H11FOS2. The van der Waals surface area contributed by atoms with Crippen molar-refractivity contribution in [2.45, 2.75) is 6.10 Å². The van der Waals surface area contributed by atoms with E-state index in [0.29, 0.717) is 0 Å². The number of hydrogen-bond donors (Lipinski definition) is 1. The third kappa shape index (κ3) is 2.16. The molecule has 0 radical (unpaired) electrons. The lowest BCUT2D eigenvalue weighted by Crippen LogP contribution is -1.96. The molecule has 4 heteroatoms. The molecule has 0 saturated heterocycles. The van der Waals surface area contributed by atoms with E-state index in [0.717, 1.165) is 30.6 Å². The molecular weight excluding hydrogens is 303 g/mol. The topological polar surface area (TPSA) is 20.2 Å². The molecule has 0 saturated carbocycles. The molecule has 1 N–H and O–H groups in total. The Labute approximate surface area is 128 Å². The van der Waals surface area contributed by atoms with Crippen LogP contribution in [-0.4, -0.2) is 5.11 Å². The second-order valence-corrected chi connectivity index (χ2v) is 6.95. The van der Waals surface area contributed by atoms with Gasteiger partial charge in [-0.15, -0.1) is 22.7 Å². The van der Waals surface area contributed by atoms with Gasteiger partial charge in [-0.25, -0.2) is 4.39 Å². The second kappa shape index (κ2) is 4.91. The third-order valence-electron chi connectivity index (χ3n) is 3.57. The number of aliphatic hydroxyl groups is 1. The molecule has 4 rings (SSSR count). The number of benzene rings is 2. The van der Waals surface area contributed by atoms with Crippen LogP contribution in [0.1, 0.15) is 16.5 Å². The summed E-state index contributed by atoms with van der Waals surface area (Å²) in [6, 6.07) is 14.6. The highest BCUT2D eigenvalue weighted by atomic mass is 32.1. The molecule has 1 atom stereocenters. The minimum absolute atomic E-state index is 0.248. The normalized spacial score (nSPS) is 13.0. The van der Waals surface area contributed by atoms with Crippen molar-refractivity contribution in [2.24, 2.45) is 0 Å². The van der Waals surface area contributed by atoms with E-state index in [1.54, 1.807) is 17.4 Å². The smallest absolute Gasteiger partial charge is 0.123 e. The Hall–Kier alpha value is -1.75. The van der Waals surface area contributed by atoms with Gasteiger partial charge in [0.2, 0.25) is 0 Å². The summed E-state index contributed by atoms with van der Waals surface area (Å²) in [5.74, 6) is -0.248. The van der Waals surface area contributed by atoms with Gasteiger partial charge in [-0.3, -0.25) is 0 Å². The lowest BCUT2D eigenvalue weighted by molar-refractivity contribution is 0.226. The first kappa shape index (κ1) is 13.0. The molecule has 0 aliphatic carbocycles.